The summed E-state index contributed by atoms with van der Waals surface area (Å²) >= 11 is 0. The van der Waals surface area contributed by atoms with Crippen LogP contribution in [0.4, 0.5) is 0 Å². The summed E-state index contributed by atoms with van der Waals surface area (Å²) in [4.78, 5) is 13.5. The Balaban J connectivity index is 2.36. The first-order valence-electron chi connectivity index (χ1n) is 5.32. The van der Waals surface area contributed by atoms with E-state index in [1.54, 1.807) is 7.05 Å². The number of hydrogen-bond donors (Lipinski definition) is 2. The highest BCUT2D eigenvalue weighted by molar-refractivity contribution is 5.75. The van der Waals surface area contributed by atoms with Crippen LogP contribution in [0.25, 0.3) is 0 Å². The van der Waals surface area contributed by atoms with E-state index >= 15 is 0 Å². The molecule has 0 aromatic rings. The largest absolute Gasteiger partial charge is 0.359 e. The van der Waals surface area contributed by atoms with E-state index in [9.17, 15) is 4.79 Å². The molecule has 0 saturated carbocycles. The maximum Gasteiger partial charge on any atom is 0.221 e. The Labute approximate surface area is 86.0 Å². The lowest BCUT2D eigenvalue weighted by molar-refractivity contribution is -0.121. The van der Waals surface area contributed by atoms with E-state index in [0.717, 1.165) is 19.6 Å². The molecule has 1 fully saturated rings. The molecule has 1 amide bonds. The number of nitrogens with zero attached hydrogens (tertiary/aromatic N) is 1. The van der Waals surface area contributed by atoms with Crippen molar-refractivity contribution in [3.63, 3.8) is 0 Å². The second-order valence-electron chi connectivity index (χ2n) is 4.02. The highest BCUT2D eigenvalue weighted by Gasteiger charge is 2.24. The average Bonchev–Trinajstić information content (AvgIpc) is 2.16. The summed E-state index contributed by atoms with van der Waals surface area (Å²) in [6.45, 7) is 7.32. The quantitative estimate of drug-likeness (QED) is 0.662. The smallest absolute Gasteiger partial charge is 0.221 e. The van der Waals surface area contributed by atoms with Crippen molar-refractivity contribution in [1.82, 2.24) is 15.5 Å². The molecule has 0 bridgehead atoms. The average molecular weight is 199 g/mol. The van der Waals surface area contributed by atoms with Crippen LogP contribution in [0, 0.1) is 0 Å². The Morgan fingerprint density at radius 3 is 2.50 bits per heavy atom. The second kappa shape index (κ2) is 5.32. The summed E-state index contributed by atoms with van der Waals surface area (Å²) in [6, 6.07) is 1.06. The fourth-order valence-corrected chi connectivity index (χ4v) is 1.97. The van der Waals surface area contributed by atoms with Gasteiger partial charge in [-0.1, -0.05) is 0 Å². The lowest BCUT2D eigenvalue weighted by Crippen LogP contribution is -2.55. The first-order chi connectivity index (χ1) is 6.65. The zero-order valence-corrected chi connectivity index (χ0v) is 9.34. The van der Waals surface area contributed by atoms with Crippen molar-refractivity contribution >= 4 is 5.91 Å². The molecule has 14 heavy (non-hydrogen) atoms. The van der Waals surface area contributed by atoms with Crippen LogP contribution in [0.5, 0.6) is 0 Å². The molecule has 4 nitrogen and oxygen atoms in total. The number of amides is 1. The van der Waals surface area contributed by atoms with E-state index in [1.807, 2.05) is 0 Å². The lowest BCUT2D eigenvalue weighted by atomic mass is 10.1. The standard InChI is InChI=1S/C10H21N3O/c1-8-6-12-7-9(2)13(8)5-4-10(14)11-3/h8-9,12H,4-7H2,1-3H3,(H,11,14). The molecule has 0 aliphatic carbocycles. The van der Waals surface area contributed by atoms with Gasteiger partial charge in [-0.2, -0.15) is 0 Å². The molecule has 0 aromatic carbocycles. The number of nitrogens with one attached hydrogen (secondary N) is 2. The fourth-order valence-electron chi connectivity index (χ4n) is 1.97. The maximum atomic E-state index is 11.1. The monoisotopic (exact) mass is 199 g/mol. The van der Waals surface area contributed by atoms with Gasteiger partial charge in [-0.25, -0.2) is 0 Å². The van der Waals surface area contributed by atoms with E-state index in [-0.39, 0.29) is 5.91 Å². The molecule has 1 aliphatic heterocycles. The normalized spacial score (nSPS) is 28.8. The summed E-state index contributed by atoms with van der Waals surface area (Å²) in [7, 11) is 1.69. The highest BCUT2D eigenvalue weighted by Crippen LogP contribution is 2.09. The van der Waals surface area contributed by atoms with Crippen molar-refractivity contribution in [3.05, 3.63) is 0 Å². The van der Waals surface area contributed by atoms with E-state index in [2.05, 4.69) is 29.4 Å². The van der Waals surface area contributed by atoms with Crippen LogP contribution >= 0.6 is 0 Å². The lowest BCUT2D eigenvalue weighted by Gasteiger charge is -2.39. The minimum absolute atomic E-state index is 0.128. The van der Waals surface area contributed by atoms with Crippen LogP contribution in [-0.2, 0) is 4.79 Å². The molecule has 0 spiro atoms. The highest BCUT2D eigenvalue weighted by atomic mass is 16.1. The first-order valence-corrected chi connectivity index (χ1v) is 5.32. The van der Waals surface area contributed by atoms with E-state index in [1.165, 1.54) is 0 Å². The summed E-state index contributed by atoms with van der Waals surface area (Å²) in [6.07, 6.45) is 0.602. The summed E-state index contributed by atoms with van der Waals surface area (Å²) < 4.78 is 0. The molecule has 0 radical (unpaired) electrons. The third kappa shape index (κ3) is 2.96. The second-order valence-corrected chi connectivity index (χ2v) is 4.02. The molecular formula is C10H21N3O. The van der Waals surface area contributed by atoms with Gasteiger partial charge in [-0.15, -0.1) is 0 Å². The van der Waals surface area contributed by atoms with Crippen molar-refractivity contribution in [2.75, 3.05) is 26.7 Å². The maximum absolute atomic E-state index is 11.1. The van der Waals surface area contributed by atoms with Crippen LogP contribution in [0.3, 0.4) is 0 Å². The van der Waals surface area contributed by atoms with E-state index in [4.69, 9.17) is 0 Å². The molecule has 4 heteroatoms. The minimum Gasteiger partial charge on any atom is -0.359 e. The first kappa shape index (κ1) is 11.5. The van der Waals surface area contributed by atoms with Crippen molar-refractivity contribution < 1.29 is 4.79 Å². The van der Waals surface area contributed by atoms with Gasteiger partial charge in [0.05, 0.1) is 0 Å². The minimum atomic E-state index is 0.128. The number of hydrogen-bond acceptors (Lipinski definition) is 3. The Kier molecular flexibility index (Phi) is 4.35. The van der Waals surface area contributed by atoms with Gasteiger partial charge in [0.2, 0.25) is 5.91 Å². The Morgan fingerprint density at radius 2 is 2.00 bits per heavy atom. The number of rotatable bonds is 3. The van der Waals surface area contributed by atoms with Gasteiger partial charge < -0.3 is 10.6 Å². The van der Waals surface area contributed by atoms with Crippen LogP contribution in [0.2, 0.25) is 0 Å². The molecule has 1 rings (SSSR count). The van der Waals surface area contributed by atoms with Crippen LogP contribution < -0.4 is 10.6 Å². The molecule has 0 aromatic heterocycles. The molecular weight excluding hydrogens is 178 g/mol. The third-order valence-corrected chi connectivity index (χ3v) is 2.89. The van der Waals surface area contributed by atoms with Gasteiger partial charge in [0.1, 0.15) is 0 Å². The summed E-state index contributed by atoms with van der Waals surface area (Å²) in [5.74, 6) is 0.128. The Hall–Kier alpha value is -0.610. The van der Waals surface area contributed by atoms with Crippen molar-refractivity contribution in [2.24, 2.45) is 0 Å². The van der Waals surface area contributed by atoms with Gasteiger partial charge in [0, 0.05) is 45.2 Å². The Bertz CT molecular complexity index is 186. The fraction of sp³-hybridized carbons (Fsp3) is 0.900. The van der Waals surface area contributed by atoms with Gasteiger partial charge in [0.25, 0.3) is 0 Å². The molecule has 82 valence electrons. The molecule has 2 atom stereocenters. The van der Waals surface area contributed by atoms with Gasteiger partial charge in [0.15, 0.2) is 0 Å². The topological polar surface area (TPSA) is 44.4 Å². The van der Waals surface area contributed by atoms with Gasteiger partial charge in [-0.05, 0) is 13.8 Å². The zero-order valence-electron chi connectivity index (χ0n) is 9.34. The molecule has 1 aliphatic rings. The predicted molar refractivity (Wildman–Crippen MR) is 57.2 cm³/mol. The SMILES string of the molecule is CNC(=O)CCN1C(C)CNCC1C. The third-order valence-electron chi connectivity index (χ3n) is 2.89. The molecule has 2 unspecified atom stereocenters. The molecule has 2 N–H and O–H groups in total. The van der Waals surface area contributed by atoms with Crippen LogP contribution in [0.1, 0.15) is 20.3 Å². The Morgan fingerprint density at radius 1 is 1.43 bits per heavy atom. The zero-order chi connectivity index (χ0) is 10.6. The molecule has 1 heterocycles. The predicted octanol–water partition coefficient (Wildman–Crippen LogP) is -0.195. The van der Waals surface area contributed by atoms with Crippen molar-refractivity contribution in [1.29, 1.82) is 0 Å². The van der Waals surface area contributed by atoms with Crippen LogP contribution in [-0.4, -0.2) is 49.6 Å². The van der Waals surface area contributed by atoms with Crippen molar-refractivity contribution in [3.8, 4) is 0 Å². The van der Waals surface area contributed by atoms with Gasteiger partial charge in [-0.3, -0.25) is 9.69 Å². The number of carbonyl (C=O) groups excluding carboxylic acids is 1. The van der Waals surface area contributed by atoms with Crippen molar-refractivity contribution in [2.45, 2.75) is 32.4 Å². The number of carbonyl (C=O) groups is 1. The van der Waals surface area contributed by atoms with Crippen LogP contribution in [0.15, 0.2) is 0 Å². The van der Waals surface area contributed by atoms with E-state index < -0.39 is 0 Å². The molecule has 1 saturated heterocycles. The summed E-state index contributed by atoms with van der Waals surface area (Å²) in [5, 5.41) is 6.03. The summed E-state index contributed by atoms with van der Waals surface area (Å²) in [5.41, 5.74) is 0. The number of piperazine rings is 1. The van der Waals surface area contributed by atoms with E-state index in [0.29, 0.717) is 18.5 Å². The van der Waals surface area contributed by atoms with Gasteiger partial charge >= 0.3 is 0 Å².